The Bertz CT molecular complexity index is 446. The first-order valence-corrected chi connectivity index (χ1v) is 5.80. The maximum Gasteiger partial charge on any atom is 0.0440 e. The number of aryl methyl sites for hydroxylation is 1. The van der Waals surface area contributed by atoms with Gasteiger partial charge in [0.1, 0.15) is 0 Å². The Morgan fingerprint density at radius 3 is 3.00 bits per heavy atom. The van der Waals surface area contributed by atoms with Gasteiger partial charge < -0.3 is 5.11 Å². The fourth-order valence-electron chi connectivity index (χ4n) is 1.93. The second-order valence-electron chi connectivity index (χ2n) is 3.94. The van der Waals surface area contributed by atoms with Crippen LogP contribution in [0.5, 0.6) is 0 Å². The van der Waals surface area contributed by atoms with E-state index < -0.39 is 0 Å². The summed E-state index contributed by atoms with van der Waals surface area (Å²) >= 11 is 0. The van der Waals surface area contributed by atoms with Gasteiger partial charge in [-0.3, -0.25) is 0 Å². The van der Waals surface area contributed by atoms with Gasteiger partial charge in [-0.25, -0.2) is 0 Å². The van der Waals surface area contributed by atoms with Crippen LogP contribution in [0.4, 0.5) is 0 Å². The van der Waals surface area contributed by atoms with Crippen LogP contribution in [0.25, 0.3) is 5.57 Å². The van der Waals surface area contributed by atoms with Gasteiger partial charge in [-0.15, -0.1) is 0 Å². The van der Waals surface area contributed by atoms with E-state index in [1.807, 2.05) is 0 Å². The Kier molecular flexibility index (Phi) is 3.80. The van der Waals surface area contributed by atoms with Gasteiger partial charge in [0.25, 0.3) is 0 Å². The van der Waals surface area contributed by atoms with E-state index in [1.165, 1.54) is 11.1 Å². The average Bonchev–Trinajstić information content (AvgIpc) is 2.35. The predicted molar refractivity (Wildman–Crippen MR) is 66.8 cm³/mol. The molecular weight excluding hydrogens is 196 g/mol. The summed E-state index contributed by atoms with van der Waals surface area (Å²) in [6, 6.07) is 8.47. The van der Waals surface area contributed by atoms with E-state index in [0.29, 0.717) is 0 Å². The SMILES string of the molecule is OCCCC#CC1=CCCc2ccccc21. The molecule has 0 saturated carbocycles. The standard InChI is InChI=1S/C15H16O/c16-12-5-1-2-7-13-9-6-10-14-8-3-4-11-15(13)14/h3-4,8-9,11,16H,1,5-6,10,12H2. The zero-order valence-electron chi connectivity index (χ0n) is 9.37. The molecule has 0 unspecified atom stereocenters. The molecule has 0 aliphatic heterocycles. The van der Waals surface area contributed by atoms with Crippen molar-refractivity contribution in [2.45, 2.75) is 25.7 Å². The van der Waals surface area contributed by atoms with Crippen LogP contribution in [0, 0.1) is 11.8 Å². The maximum absolute atomic E-state index is 8.68. The number of benzene rings is 1. The fourth-order valence-corrected chi connectivity index (χ4v) is 1.93. The summed E-state index contributed by atoms with van der Waals surface area (Å²) in [7, 11) is 0. The van der Waals surface area contributed by atoms with E-state index in [2.05, 4.69) is 42.2 Å². The predicted octanol–water partition coefficient (Wildman–Crippen LogP) is 2.79. The molecule has 0 aromatic heterocycles. The molecule has 0 amide bonds. The van der Waals surface area contributed by atoms with Crippen molar-refractivity contribution >= 4 is 5.57 Å². The lowest BCUT2D eigenvalue weighted by atomic mass is 9.91. The van der Waals surface area contributed by atoms with Crippen molar-refractivity contribution in [1.82, 2.24) is 0 Å². The van der Waals surface area contributed by atoms with Crippen LogP contribution in [0.2, 0.25) is 0 Å². The summed E-state index contributed by atoms with van der Waals surface area (Å²) < 4.78 is 0. The molecule has 0 atom stereocenters. The van der Waals surface area contributed by atoms with Crippen molar-refractivity contribution in [1.29, 1.82) is 0 Å². The van der Waals surface area contributed by atoms with E-state index in [1.54, 1.807) is 0 Å². The first-order chi connectivity index (χ1) is 7.92. The Balaban J connectivity index is 2.15. The molecule has 1 aromatic carbocycles. The lowest BCUT2D eigenvalue weighted by molar-refractivity contribution is 0.290. The molecule has 1 N–H and O–H groups in total. The van der Waals surface area contributed by atoms with Gasteiger partial charge >= 0.3 is 0 Å². The van der Waals surface area contributed by atoms with E-state index in [-0.39, 0.29) is 6.61 Å². The number of aliphatic hydroxyl groups excluding tert-OH is 1. The van der Waals surface area contributed by atoms with Crippen LogP contribution in [-0.2, 0) is 6.42 Å². The molecular formula is C15H16O. The Morgan fingerprint density at radius 2 is 2.12 bits per heavy atom. The molecule has 1 aliphatic rings. The number of unbranched alkanes of at least 4 members (excludes halogenated alkanes) is 1. The third-order valence-electron chi connectivity index (χ3n) is 2.75. The van der Waals surface area contributed by atoms with E-state index in [0.717, 1.165) is 31.3 Å². The molecule has 1 aromatic rings. The monoisotopic (exact) mass is 212 g/mol. The average molecular weight is 212 g/mol. The second-order valence-corrected chi connectivity index (χ2v) is 3.94. The molecule has 1 heteroatoms. The third-order valence-corrected chi connectivity index (χ3v) is 2.75. The van der Waals surface area contributed by atoms with Crippen molar-refractivity contribution in [3.8, 4) is 11.8 Å². The highest BCUT2D eigenvalue weighted by Crippen LogP contribution is 2.25. The normalized spacial score (nSPS) is 13.4. The summed E-state index contributed by atoms with van der Waals surface area (Å²) in [5.41, 5.74) is 3.83. The van der Waals surface area contributed by atoms with Crippen molar-refractivity contribution < 1.29 is 5.11 Å². The van der Waals surface area contributed by atoms with Crippen LogP contribution in [0.1, 0.15) is 30.4 Å². The molecule has 0 radical (unpaired) electrons. The number of rotatable bonds is 2. The highest BCUT2D eigenvalue weighted by atomic mass is 16.2. The molecule has 1 aliphatic carbocycles. The first-order valence-electron chi connectivity index (χ1n) is 5.80. The number of hydrogen-bond donors (Lipinski definition) is 1. The molecule has 0 heterocycles. The summed E-state index contributed by atoms with van der Waals surface area (Å²) in [6.45, 7) is 0.227. The van der Waals surface area contributed by atoms with Crippen LogP contribution in [0.15, 0.2) is 30.3 Å². The zero-order chi connectivity index (χ0) is 11.2. The van der Waals surface area contributed by atoms with Gasteiger partial charge in [0.2, 0.25) is 0 Å². The quantitative estimate of drug-likeness (QED) is 0.590. The number of allylic oxidation sites excluding steroid dienone is 2. The molecule has 0 spiro atoms. The molecule has 0 bridgehead atoms. The number of hydrogen-bond acceptors (Lipinski definition) is 1. The van der Waals surface area contributed by atoms with Crippen molar-refractivity contribution in [2.75, 3.05) is 6.61 Å². The topological polar surface area (TPSA) is 20.2 Å². The Morgan fingerprint density at radius 1 is 1.25 bits per heavy atom. The smallest absolute Gasteiger partial charge is 0.0440 e. The highest BCUT2D eigenvalue weighted by molar-refractivity contribution is 5.81. The maximum atomic E-state index is 8.68. The van der Waals surface area contributed by atoms with E-state index in [4.69, 9.17) is 5.11 Å². The van der Waals surface area contributed by atoms with Gasteiger partial charge in [0.15, 0.2) is 0 Å². The zero-order valence-corrected chi connectivity index (χ0v) is 9.37. The Hall–Kier alpha value is -1.52. The van der Waals surface area contributed by atoms with Gasteiger partial charge in [-0.1, -0.05) is 42.2 Å². The van der Waals surface area contributed by atoms with Gasteiger partial charge in [0.05, 0.1) is 0 Å². The minimum Gasteiger partial charge on any atom is -0.396 e. The lowest BCUT2D eigenvalue weighted by Gasteiger charge is -2.13. The summed E-state index contributed by atoms with van der Waals surface area (Å²) in [4.78, 5) is 0. The number of fused-ring (bicyclic) bond motifs is 1. The van der Waals surface area contributed by atoms with Crippen molar-refractivity contribution in [2.24, 2.45) is 0 Å². The summed E-state index contributed by atoms with van der Waals surface area (Å²) in [5, 5.41) is 8.68. The third kappa shape index (κ3) is 2.53. The number of aliphatic hydroxyl groups is 1. The summed E-state index contributed by atoms with van der Waals surface area (Å²) in [6.07, 6.45) is 5.96. The molecule has 0 saturated heterocycles. The molecule has 16 heavy (non-hydrogen) atoms. The van der Waals surface area contributed by atoms with Gasteiger partial charge in [-0.2, -0.15) is 0 Å². The first kappa shape index (κ1) is 11.0. The molecule has 0 fully saturated rings. The summed E-state index contributed by atoms with van der Waals surface area (Å²) in [5.74, 6) is 6.33. The van der Waals surface area contributed by atoms with E-state index >= 15 is 0 Å². The molecule has 2 rings (SSSR count). The largest absolute Gasteiger partial charge is 0.396 e. The minimum atomic E-state index is 0.227. The fraction of sp³-hybridized carbons (Fsp3) is 0.333. The van der Waals surface area contributed by atoms with Crippen LogP contribution in [0.3, 0.4) is 0 Å². The lowest BCUT2D eigenvalue weighted by Crippen LogP contribution is -1.97. The van der Waals surface area contributed by atoms with E-state index in [9.17, 15) is 0 Å². The van der Waals surface area contributed by atoms with Crippen LogP contribution in [-0.4, -0.2) is 11.7 Å². The minimum absolute atomic E-state index is 0.227. The Labute approximate surface area is 96.8 Å². The molecule has 82 valence electrons. The second kappa shape index (κ2) is 5.53. The van der Waals surface area contributed by atoms with Crippen LogP contribution >= 0.6 is 0 Å². The van der Waals surface area contributed by atoms with Crippen LogP contribution < -0.4 is 0 Å². The van der Waals surface area contributed by atoms with Crippen molar-refractivity contribution in [3.05, 3.63) is 41.5 Å². The highest BCUT2D eigenvalue weighted by Gasteiger charge is 2.09. The molecule has 1 nitrogen and oxygen atoms in total. The van der Waals surface area contributed by atoms with Gasteiger partial charge in [0, 0.05) is 18.6 Å². The van der Waals surface area contributed by atoms with Crippen molar-refractivity contribution in [3.63, 3.8) is 0 Å². The van der Waals surface area contributed by atoms with Gasteiger partial charge in [-0.05, 0) is 30.4 Å².